The summed E-state index contributed by atoms with van der Waals surface area (Å²) in [5.41, 5.74) is 0. The zero-order valence-corrected chi connectivity index (χ0v) is 14.7. The summed E-state index contributed by atoms with van der Waals surface area (Å²) in [5.74, 6) is 0. The van der Waals surface area contributed by atoms with Crippen LogP contribution >= 0.6 is 0 Å². The molecule has 4 heteroatoms. The second kappa shape index (κ2) is 19.4. The van der Waals surface area contributed by atoms with Crippen molar-refractivity contribution < 1.29 is 19.1 Å². The van der Waals surface area contributed by atoms with E-state index in [0.717, 1.165) is 0 Å². The quantitative estimate of drug-likeness (QED) is 0.440. The van der Waals surface area contributed by atoms with E-state index in [-0.39, 0.29) is 11.2 Å². The normalized spacial score (nSPS) is 10.3. The number of carboxylic acid groups (broad SMARTS) is 1. The van der Waals surface area contributed by atoms with Crippen LogP contribution in [0.15, 0.2) is 0 Å². The van der Waals surface area contributed by atoms with E-state index in [0.29, 0.717) is 0 Å². The maximum absolute atomic E-state index is 8.36. The highest BCUT2D eigenvalue weighted by Crippen LogP contribution is 2.16. The molecule has 0 unspecified atom stereocenters. The average molecular weight is 307 g/mol. The fraction of sp³-hybridized carbons (Fsp3) is 0.941. The van der Waals surface area contributed by atoms with Gasteiger partial charge in [0.05, 0.1) is 26.2 Å². The first-order chi connectivity index (χ1) is 9.66. The zero-order valence-electron chi connectivity index (χ0n) is 14.7. The standard InChI is InChI=1S/C16H36N.CH2O2.FH/c1-5-9-13-17(14-10-6-2,15-11-7-3)16-12-8-4;2-1-3;/h5-16H2,1-4H3;1H,(H,2,3);1H/q+1;;/p-1. The third-order valence-electron chi connectivity index (χ3n) is 3.94. The van der Waals surface area contributed by atoms with E-state index in [4.69, 9.17) is 9.90 Å². The molecule has 21 heavy (non-hydrogen) atoms. The molecular formula is C17H38FNO2. The molecule has 0 aromatic carbocycles. The molecule has 0 saturated heterocycles. The van der Waals surface area contributed by atoms with Gasteiger partial charge in [0.25, 0.3) is 6.47 Å². The summed E-state index contributed by atoms with van der Waals surface area (Å²) < 4.78 is 1.42. The second-order valence-corrected chi connectivity index (χ2v) is 5.76. The molecule has 0 radical (unpaired) electrons. The van der Waals surface area contributed by atoms with Gasteiger partial charge in [0, 0.05) is 0 Å². The molecule has 0 fully saturated rings. The largest absolute Gasteiger partial charge is 1.00 e. The molecule has 0 atom stereocenters. The van der Waals surface area contributed by atoms with Gasteiger partial charge in [0.2, 0.25) is 0 Å². The first-order valence-corrected chi connectivity index (χ1v) is 8.59. The summed E-state index contributed by atoms with van der Waals surface area (Å²) >= 11 is 0. The van der Waals surface area contributed by atoms with Gasteiger partial charge in [-0.15, -0.1) is 0 Å². The third kappa shape index (κ3) is 15.6. The number of quaternary nitrogens is 1. The van der Waals surface area contributed by atoms with Gasteiger partial charge >= 0.3 is 0 Å². The Kier molecular flexibility index (Phi) is 23.3. The van der Waals surface area contributed by atoms with E-state index in [1.165, 1.54) is 82.0 Å². The van der Waals surface area contributed by atoms with Crippen molar-refractivity contribution in [3.63, 3.8) is 0 Å². The molecule has 130 valence electrons. The topological polar surface area (TPSA) is 37.3 Å². The van der Waals surface area contributed by atoms with Gasteiger partial charge in [0.15, 0.2) is 0 Å². The van der Waals surface area contributed by atoms with Crippen LogP contribution in [-0.4, -0.2) is 42.2 Å². The first kappa shape index (κ1) is 25.3. The molecule has 0 spiro atoms. The minimum absolute atomic E-state index is 0. The SMILES string of the molecule is CCCC[N+](CCCC)(CCCC)CCCC.O=CO.[F-]. The van der Waals surface area contributed by atoms with Crippen molar-refractivity contribution in [1.82, 2.24) is 0 Å². The molecule has 0 aliphatic carbocycles. The Hall–Kier alpha value is -0.640. The zero-order chi connectivity index (χ0) is 15.7. The van der Waals surface area contributed by atoms with Crippen molar-refractivity contribution in [1.29, 1.82) is 0 Å². The molecule has 0 aromatic rings. The Morgan fingerprint density at radius 2 is 0.905 bits per heavy atom. The minimum atomic E-state index is -0.250. The Morgan fingerprint density at radius 3 is 1.05 bits per heavy atom. The lowest BCUT2D eigenvalue weighted by Crippen LogP contribution is -3.00. The van der Waals surface area contributed by atoms with Gasteiger partial charge in [0.1, 0.15) is 0 Å². The second-order valence-electron chi connectivity index (χ2n) is 5.76. The van der Waals surface area contributed by atoms with Crippen LogP contribution in [0.2, 0.25) is 0 Å². The van der Waals surface area contributed by atoms with Crippen molar-refractivity contribution in [2.24, 2.45) is 0 Å². The van der Waals surface area contributed by atoms with E-state index in [1.54, 1.807) is 0 Å². The Balaban J connectivity index is -0.000000740. The van der Waals surface area contributed by atoms with Crippen molar-refractivity contribution in [2.75, 3.05) is 26.2 Å². The van der Waals surface area contributed by atoms with Crippen molar-refractivity contribution in [3.8, 4) is 0 Å². The Morgan fingerprint density at radius 1 is 0.714 bits per heavy atom. The van der Waals surface area contributed by atoms with Gasteiger partial charge in [-0.2, -0.15) is 0 Å². The molecule has 1 N–H and O–H groups in total. The maximum atomic E-state index is 8.36. The predicted molar refractivity (Wildman–Crippen MR) is 88.1 cm³/mol. The number of unbranched alkanes of at least 4 members (excludes halogenated alkanes) is 4. The fourth-order valence-electron chi connectivity index (χ4n) is 2.64. The highest BCUT2D eigenvalue weighted by atomic mass is 19.0. The van der Waals surface area contributed by atoms with Crippen LogP contribution < -0.4 is 4.70 Å². The van der Waals surface area contributed by atoms with Crippen LogP contribution in [0.3, 0.4) is 0 Å². The van der Waals surface area contributed by atoms with E-state index >= 15 is 0 Å². The highest BCUT2D eigenvalue weighted by molar-refractivity contribution is 5.32. The summed E-state index contributed by atoms with van der Waals surface area (Å²) in [4.78, 5) is 8.36. The summed E-state index contributed by atoms with van der Waals surface area (Å²) in [7, 11) is 0. The van der Waals surface area contributed by atoms with Crippen LogP contribution in [-0.2, 0) is 4.79 Å². The monoisotopic (exact) mass is 307 g/mol. The van der Waals surface area contributed by atoms with Gasteiger partial charge in [-0.1, -0.05) is 53.4 Å². The van der Waals surface area contributed by atoms with Crippen molar-refractivity contribution in [3.05, 3.63) is 0 Å². The van der Waals surface area contributed by atoms with E-state index in [2.05, 4.69) is 27.7 Å². The number of hydrogen-bond acceptors (Lipinski definition) is 1. The summed E-state index contributed by atoms with van der Waals surface area (Å²) in [6.07, 6.45) is 11.1. The third-order valence-corrected chi connectivity index (χ3v) is 3.94. The molecule has 0 rings (SSSR count). The molecular weight excluding hydrogens is 269 g/mol. The van der Waals surface area contributed by atoms with E-state index in [9.17, 15) is 0 Å². The van der Waals surface area contributed by atoms with Gasteiger partial charge in [-0.05, 0) is 25.7 Å². The Bertz CT molecular complexity index is 164. The van der Waals surface area contributed by atoms with Crippen molar-refractivity contribution >= 4 is 6.47 Å². The van der Waals surface area contributed by atoms with Crippen molar-refractivity contribution in [2.45, 2.75) is 79.1 Å². The number of rotatable bonds is 12. The Labute approximate surface area is 131 Å². The van der Waals surface area contributed by atoms with E-state index in [1.807, 2.05) is 0 Å². The molecule has 3 nitrogen and oxygen atoms in total. The molecule has 0 aliphatic rings. The van der Waals surface area contributed by atoms with Gasteiger partial charge < -0.3 is 14.3 Å². The fourth-order valence-corrected chi connectivity index (χ4v) is 2.64. The molecule has 0 saturated carbocycles. The van der Waals surface area contributed by atoms with Crippen LogP contribution in [0.1, 0.15) is 79.1 Å². The van der Waals surface area contributed by atoms with E-state index < -0.39 is 0 Å². The maximum Gasteiger partial charge on any atom is 0.290 e. The lowest BCUT2D eigenvalue weighted by atomic mass is 10.1. The highest BCUT2D eigenvalue weighted by Gasteiger charge is 2.24. The summed E-state index contributed by atoms with van der Waals surface area (Å²) in [6, 6.07) is 0. The minimum Gasteiger partial charge on any atom is -1.00 e. The van der Waals surface area contributed by atoms with Gasteiger partial charge in [-0.3, -0.25) is 4.79 Å². The average Bonchev–Trinajstić information content (AvgIpc) is 2.46. The summed E-state index contributed by atoms with van der Waals surface area (Å²) in [5, 5.41) is 6.89. The number of hydrogen-bond donors (Lipinski definition) is 1. The molecule has 0 heterocycles. The number of nitrogens with zero attached hydrogens (tertiary/aromatic N) is 1. The lowest BCUT2D eigenvalue weighted by Gasteiger charge is -2.39. The molecule has 0 aliphatic heterocycles. The molecule has 0 aromatic heterocycles. The van der Waals surface area contributed by atoms with Crippen LogP contribution in [0, 0.1) is 0 Å². The molecule has 0 amide bonds. The molecule has 0 bridgehead atoms. The van der Waals surface area contributed by atoms with Gasteiger partial charge in [-0.25, -0.2) is 0 Å². The van der Waals surface area contributed by atoms with Crippen LogP contribution in [0.5, 0.6) is 0 Å². The lowest BCUT2D eigenvalue weighted by molar-refractivity contribution is -0.929. The summed E-state index contributed by atoms with van der Waals surface area (Å²) in [6.45, 7) is 14.8. The first-order valence-electron chi connectivity index (χ1n) is 8.59. The van der Waals surface area contributed by atoms with Crippen LogP contribution in [0.25, 0.3) is 0 Å². The predicted octanol–water partition coefficient (Wildman–Crippen LogP) is 1.71. The number of carbonyl (C=O) groups is 1. The van der Waals surface area contributed by atoms with Crippen LogP contribution in [0.4, 0.5) is 0 Å². The number of halogens is 1. The smallest absolute Gasteiger partial charge is 0.290 e.